The maximum absolute atomic E-state index is 10.1. The molecule has 18 heavy (non-hydrogen) atoms. The summed E-state index contributed by atoms with van der Waals surface area (Å²) in [6.07, 6.45) is 6.92. The van der Waals surface area contributed by atoms with Crippen molar-refractivity contribution in [1.82, 2.24) is 0 Å². The Morgan fingerprint density at radius 2 is 1.56 bits per heavy atom. The van der Waals surface area contributed by atoms with E-state index in [1.165, 1.54) is 5.57 Å². The zero-order valence-corrected chi connectivity index (χ0v) is 13.3. The molecule has 0 fully saturated rings. The Morgan fingerprint density at radius 3 is 1.83 bits per heavy atom. The van der Waals surface area contributed by atoms with Gasteiger partial charge in [0.25, 0.3) is 0 Å². The molecule has 0 aromatic carbocycles. The van der Waals surface area contributed by atoms with E-state index in [1.807, 2.05) is 27.7 Å². The highest BCUT2D eigenvalue weighted by molar-refractivity contribution is 5.49. The smallest absolute Gasteiger partial charge is 0.120 e. The maximum Gasteiger partial charge on any atom is 0.120 e. The predicted molar refractivity (Wildman–Crippen MR) is 79.9 cm³/mol. The summed E-state index contributed by atoms with van der Waals surface area (Å²) in [4.78, 5) is 10.1. The van der Waals surface area contributed by atoms with Gasteiger partial charge < -0.3 is 9.53 Å². The first-order valence-corrected chi connectivity index (χ1v) is 7.02. The molecule has 0 amide bonds. The van der Waals surface area contributed by atoms with Crippen molar-refractivity contribution < 1.29 is 9.53 Å². The molecule has 0 spiro atoms. The first-order valence-electron chi connectivity index (χ1n) is 7.02. The molecule has 0 aliphatic rings. The van der Waals surface area contributed by atoms with Crippen LogP contribution < -0.4 is 0 Å². The van der Waals surface area contributed by atoms with Crippen LogP contribution >= 0.6 is 0 Å². The van der Waals surface area contributed by atoms with E-state index < -0.39 is 0 Å². The van der Waals surface area contributed by atoms with Crippen LogP contribution in [0.1, 0.15) is 67.7 Å². The fraction of sp³-hybridized carbons (Fsp3) is 0.812. The van der Waals surface area contributed by atoms with Crippen LogP contribution in [0.2, 0.25) is 0 Å². The molecule has 0 N–H and O–H groups in total. The summed E-state index contributed by atoms with van der Waals surface area (Å²) in [6, 6.07) is 0. The summed E-state index contributed by atoms with van der Waals surface area (Å²) in [5.74, 6) is 0.545. The Kier molecular flexibility index (Phi) is 14.0. The van der Waals surface area contributed by atoms with Crippen molar-refractivity contribution in [3.8, 4) is 0 Å². The molecule has 0 rings (SSSR count). The fourth-order valence-electron chi connectivity index (χ4n) is 1.48. The minimum absolute atomic E-state index is 0.375. The molecule has 0 saturated heterocycles. The topological polar surface area (TPSA) is 26.3 Å². The largest absolute Gasteiger partial charge is 0.376 e. The first kappa shape index (κ1) is 19.7. The van der Waals surface area contributed by atoms with E-state index in [1.54, 1.807) is 0 Å². The molecule has 0 heterocycles. The molecule has 0 aromatic heterocycles. The van der Waals surface area contributed by atoms with Crippen LogP contribution in [0.5, 0.6) is 0 Å². The average molecular weight is 256 g/mol. The minimum atomic E-state index is 0.375. The van der Waals surface area contributed by atoms with Crippen molar-refractivity contribution >= 4 is 6.29 Å². The summed E-state index contributed by atoms with van der Waals surface area (Å²) in [5.41, 5.74) is 1.36. The van der Waals surface area contributed by atoms with Crippen LogP contribution in [0.3, 0.4) is 0 Å². The molecule has 2 nitrogen and oxygen atoms in total. The van der Waals surface area contributed by atoms with Crippen LogP contribution in [0.4, 0.5) is 0 Å². The molecule has 0 bridgehead atoms. The Hall–Kier alpha value is -0.630. The zero-order chi connectivity index (χ0) is 14.6. The molecule has 108 valence electrons. The van der Waals surface area contributed by atoms with Crippen LogP contribution in [-0.2, 0) is 9.53 Å². The number of ether oxygens (including phenoxy) is 1. The maximum atomic E-state index is 10.1. The molecular weight excluding hydrogens is 224 g/mol. The van der Waals surface area contributed by atoms with Crippen molar-refractivity contribution in [2.45, 2.75) is 79.9 Å². The van der Waals surface area contributed by atoms with Gasteiger partial charge in [0.05, 0.1) is 12.2 Å². The Labute approximate surface area is 114 Å². The van der Waals surface area contributed by atoms with Gasteiger partial charge in [-0.3, -0.25) is 0 Å². The van der Waals surface area contributed by atoms with E-state index in [-0.39, 0.29) is 0 Å². The van der Waals surface area contributed by atoms with Gasteiger partial charge >= 0.3 is 0 Å². The molecule has 1 atom stereocenters. The second-order valence-electron chi connectivity index (χ2n) is 5.60. The third-order valence-electron chi connectivity index (χ3n) is 2.25. The van der Waals surface area contributed by atoms with Gasteiger partial charge in [-0.05, 0) is 60.3 Å². The van der Waals surface area contributed by atoms with Crippen molar-refractivity contribution in [1.29, 1.82) is 0 Å². The number of hydrogen-bond donors (Lipinski definition) is 0. The number of rotatable bonds is 7. The Bertz CT molecular complexity index is 207. The van der Waals surface area contributed by atoms with E-state index in [0.717, 1.165) is 19.1 Å². The lowest BCUT2D eigenvalue weighted by Crippen LogP contribution is -2.09. The predicted octanol–water partition coefficient (Wildman–Crippen LogP) is 4.78. The second kappa shape index (κ2) is 12.8. The number of carbonyl (C=O) groups is 1. The van der Waals surface area contributed by atoms with Crippen LogP contribution in [0, 0.1) is 5.92 Å². The number of carbonyl (C=O) groups excluding carboxylic acids is 1. The van der Waals surface area contributed by atoms with Crippen molar-refractivity contribution in [3.05, 3.63) is 11.6 Å². The average Bonchev–Trinajstić information content (AvgIpc) is 2.15. The van der Waals surface area contributed by atoms with Gasteiger partial charge in [0.2, 0.25) is 0 Å². The molecular formula is C16H32O2. The summed E-state index contributed by atoms with van der Waals surface area (Å²) < 4.78 is 5.25. The molecule has 2 heteroatoms. The third-order valence-corrected chi connectivity index (χ3v) is 2.25. The molecule has 0 aromatic rings. The van der Waals surface area contributed by atoms with E-state index in [2.05, 4.69) is 26.8 Å². The minimum Gasteiger partial charge on any atom is -0.376 e. The quantitative estimate of drug-likeness (QED) is 0.484. The van der Waals surface area contributed by atoms with Crippen molar-refractivity contribution in [2.75, 3.05) is 0 Å². The highest BCUT2D eigenvalue weighted by Crippen LogP contribution is 2.09. The van der Waals surface area contributed by atoms with Gasteiger partial charge in [-0.15, -0.1) is 0 Å². The monoisotopic (exact) mass is 256 g/mol. The van der Waals surface area contributed by atoms with Crippen molar-refractivity contribution in [3.63, 3.8) is 0 Å². The number of hydrogen-bond acceptors (Lipinski definition) is 2. The van der Waals surface area contributed by atoms with Gasteiger partial charge in [0.15, 0.2) is 0 Å². The van der Waals surface area contributed by atoms with Crippen LogP contribution in [0.25, 0.3) is 0 Å². The van der Waals surface area contributed by atoms with Gasteiger partial charge in [-0.2, -0.15) is 0 Å². The Morgan fingerprint density at radius 1 is 1.06 bits per heavy atom. The normalized spacial score (nSPS) is 11.8. The molecule has 0 aliphatic heterocycles. The molecule has 0 saturated carbocycles. The highest BCUT2D eigenvalue weighted by Gasteiger charge is 1.98. The lowest BCUT2D eigenvalue weighted by Gasteiger charge is -2.09. The molecule has 1 unspecified atom stereocenters. The lowest BCUT2D eigenvalue weighted by atomic mass is 10.0. The van der Waals surface area contributed by atoms with Gasteiger partial charge in [0.1, 0.15) is 6.29 Å². The summed E-state index contributed by atoms with van der Waals surface area (Å²) in [7, 11) is 0. The van der Waals surface area contributed by atoms with E-state index >= 15 is 0 Å². The van der Waals surface area contributed by atoms with Crippen molar-refractivity contribution in [2.24, 2.45) is 5.92 Å². The Balaban J connectivity index is 0. The summed E-state index contributed by atoms with van der Waals surface area (Å²) in [5, 5.41) is 0. The number of allylic oxidation sites excluding steroid dienone is 2. The summed E-state index contributed by atoms with van der Waals surface area (Å²) >= 11 is 0. The summed E-state index contributed by atoms with van der Waals surface area (Å²) in [6.45, 7) is 14.5. The number of aldehydes is 1. The van der Waals surface area contributed by atoms with E-state index in [0.29, 0.717) is 24.5 Å². The standard InChI is InChI=1S/C10H18O.C6H14O/c1-9(2)5-4-6-10(3)7-8-11;1-5(2)7-6(3)4/h5,8,10H,4,6-7H2,1-3H3;5-6H,1-4H3. The molecule has 0 radical (unpaired) electrons. The first-order chi connectivity index (χ1) is 8.29. The zero-order valence-electron chi connectivity index (χ0n) is 13.3. The SMILES string of the molecule is CC(C)=CCCC(C)CC=O.CC(C)OC(C)C. The van der Waals surface area contributed by atoms with E-state index in [9.17, 15) is 4.79 Å². The van der Waals surface area contributed by atoms with Gasteiger partial charge in [-0.1, -0.05) is 18.6 Å². The fourth-order valence-corrected chi connectivity index (χ4v) is 1.48. The third kappa shape index (κ3) is 20.7. The van der Waals surface area contributed by atoms with Crippen LogP contribution in [0.15, 0.2) is 11.6 Å². The lowest BCUT2D eigenvalue weighted by molar-refractivity contribution is -0.108. The molecule has 0 aliphatic carbocycles. The van der Waals surface area contributed by atoms with Gasteiger partial charge in [-0.25, -0.2) is 0 Å². The second-order valence-corrected chi connectivity index (χ2v) is 5.60. The van der Waals surface area contributed by atoms with Gasteiger partial charge in [0, 0.05) is 6.42 Å². The van der Waals surface area contributed by atoms with E-state index in [4.69, 9.17) is 4.74 Å². The van der Waals surface area contributed by atoms with Crippen LogP contribution in [-0.4, -0.2) is 18.5 Å². The highest BCUT2D eigenvalue weighted by atomic mass is 16.5.